The number of benzene rings is 1. The Kier molecular flexibility index (Phi) is 3.82. The van der Waals surface area contributed by atoms with Crippen LogP contribution in [-0.4, -0.2) is 17.0 Å². The van der Waals surface area contributed by atoms with E-state index in [-0.39, 0.29) is 0 Å². The highest BCUT2D eigenvalue weighted by atomic mass is 127. The van der Waals surface area contributed by atoms with Gasteiger partial charge in [-0.15, -0.1) is 0 Å². The first-order chi connectivity index (χ1) is 8.09. The van der Waals surface area contributed by atoms with Crippen LogP contribution in [0.3, 0.4) is 0 Å². The molecule has 0 saturated heterocycles. The smallest absolute Gasteiger partial charge is 0.151 e. The molecular formula is C11H10BrIN4. The van der Waals surface area contributed by atoms with E-state index in [1.807, 2.05) is 36.2 Å². The zero-order valence-corrected chi connectivity index (χ0v) is 12.8. The van der Waals surface area contributed by atoms with Gasteiger partial charge in [0.05, 0.1) is 0 Å². The molecule has 0 radical (unpaired) electrons. The number of nitrogen functional groups attached to an aromatic ring is 1. The lowest BCUT2D eigenvalue weighted by atomic mass is 10.3. The third-order valence-electron chi connectivity index (χ3n) is 2.34. The molecule has 2 aromatic rings. The quantitative estimate of drug-likeness (QED) is 0.616. The molecule has 88 valence electrons. The van der Waals surface area contributed by atoms with Crippen LogP contribution in [0.4, 0.5) is 17.2 Å². The Labute approximate surface area is 122 Å². The van der Waals surface area contributed by atoms with Gasteiger partial charge >= 0.3 is 0 Å². The average molecular weight is 405 g/mol. The maximum Gasteiger partial charge on any atom is 0.151 e. The number of hydrogen-bond donors (Lipinski definition) is 1. The van der Waals surface area contributed by atoms with E-state index in [1.165, 1.54) is 6.33 Å². The standard InChI is InChI=1S/C11H10BrIN4/c1-17(8-4-2-3-7(12)5-8)9-10(13)15-6-16-11(9)14/h2-6H,1H3,(H2,14,15,16). The second-order valence-electron chi connectivity index (χ2n) is 3.44. The minimum atomic E-state index is 0.479. The van der Waals surface area contributed by atoms with Crippen molar-refractivity contribution in [3.8, 4) is 0 Å². The number of nitrogens with two attached hydrogens (primary N) is 1. The molecule has 0 atom stereocenters. The van der Waals surface area contributed by atoms with E-state index in [1.54, 1.807) is 0 Å². The normalized spacial score (nSPS) is 10.3. The first-order valence-electron chi connectivity index (χ1n) is 4.85. The van der Waals surface area contributed by atoms with Crippen molar-refractivity contribution in [2.75, 3.05) is 17.7 Å². The van der Waals surface area contributed by atoms with Crippen LogP contribution in [-0.2, 0) is 0 Å². The molecule has 2 rings (SSSR count). The zero-order valence-electron chi connectivity index (χ0n) is 9.06. The van der Waals surface area contributed by atoms with Gasteiger partial charge in [-0.25, -0.2) is 9.97 Å². The minimum Gasteiger partial charge on any atom is -0.382 e. The monoisotopic (exact) mass is 404 g/mol. The molecular weight excluding hydrogens is 395 g/mol. The summed E-state index contributed by atoms with van der Waals surface area (Å²) in [6.07, 6.45) is 1.47. The van der Waals surface area contributed by atoms with E-state index in [4.69, 9.17) is 5.73 Å². The Morgan fingerprint density at radius 3 is 2.76 bits per heavy atom. The summed E-state index contributed by atoms with van der Waals surface area (Å²) in [6, 6.07) is 7.98. The summed E-state index contributed by atoms with van der Waals surface area (Å²) in [7, 11) is 1.94. The van der Waals surface area contributed by atoms with Gasteiger partial charge in [-0.3, -0.25) is 0 Å². The van der Waals surface area contributed by atoms with E-state index >= 15 is 0 Å². The molecule has 0 aliphatic rings. The van der Waals surface area contributed by atoms with E-state index in [0.29, 0.717) is 5.82 Å². The summed E-state index contributed by atoms with van der Waals surface area (Å²) in [5.41, 5.74) is 7.74. The molecule has 0 aliphatic carbocycles. The molecule has 0 aliphatic heterocycles. The van der Waals surface area contributed by atoms with E-state index in [9.17, 15) is 0 Å². The fraction of sp³-hybridized carbons (Fsp3) is 0.0909. The highest BCUT2D eigenvalue weighted by Crippen LogP contribution is 2.31. The topological polar surface area (TPSA) is 55.0 Å². The largest absolute Gasteiger partial charge is 0.382 e. The van der Waals surface area contributed by atoms with Gasteiger partial charge in [0.15, 0.2) is 5.82 Å². The second kappa shape index (κ2) is 5.18. The lowest BCUT2D eigenvalue weighted by Gasteiger charge is -2.21. The third-order valence-corrected chi connectivity index (χ3v) is 3.62. The highest BCUT2D eigenvalue weighted by molar-refractivity contribution is 14.1. The van der Waals surface area contributed by atoms with Crippen LogP contribution in [0.2, 0.25) is 0 Å². The molecule has 0 saturated carbocycles. The maximum absolute atomic E-state index is 5.89. The Balaban J connectivity index is 2.47. The van der Waals surface area contributed by atoms with Crippen LogP contribution < -0.4 is 10.6 Å². The molecule has 2 N–H and O–H groups in total. The third kappa shape index (κ3) is 2.68. The van der Waals surface area contributed by atoms with Crippen molar-refractivity contribution in [1.82, 2.24) is 9.97 Å². The summed E-state index contributed by atoms with van der Waals surface area (Å²) >= 11 is 5.60. The first kappa shape index (κ1) is 12.6. The van der Waals surface area contributed by atoms with Gasteiger partial charge in [0.1, 0.15) is 15.7 Å². The van der Waals surface area contributed by atoms with Gasteiger partial charge in [-0.05, 0) is 40.8 Å². The van der Waals surface area contributed by atoms with E-state index in [0.717, 1.165) is 19.5 Å². The molecule has 6 heteroatoms. The Bertz CT molecular complexity index is 526. The predicted octanol–water partition coefficient (Wildman–Crippen LogP) is 3.19. The SMILES string of the molecule is CN(c1cccc(Br)c1)c1c(N)ncnc1I. The molecule has 0 fully saturated rings. The number of hydrogen-bond acceptors (Lipinski definition) is 4. The van der Waals surface area contributed by atoms with Gasteiger partial charge in [0.25, 0.3) is 0 Å². The summed E-state index contributed by atoms with van der Waals surface area (Å²) in [4.78, 5) is 10.1. The molecule has 17 heavy (non-hydrogen) atoms. The molecule has 1 aromatic heterocycles. The predicted molar refractivity (Wildman–Crippen MR) is 81.4 cm³/mol. The highest BCUT2D eigenvalue weighted by Gasteiger charge is 2.13. The average Bonchev–Trinajstić information content (AvgIpc) is 2.28. The summed E-state index contributed by atoms with van der Waals surface area (Å²) in [5, 5.41) is 0. The first-order valence-corrected chi connectivity index (χ1v) is 6.72. The van der Waals surface area contributed by atoms with Crippen LogP contribution in [0.15, 0.2) is 35.1 Å². The lowest BCUT2D eigenvalue weighted by molar-refractivity contribution is 1.09. The number of nitrogens with zero attached hydrogens (tertiary/aromatic N) is 3. The van der Waals surface area contributed by atoms with Gasteiger partial charge in [-0.1, -0.05) is 22.0 Å². The zero-order chi connectivity index (χ0) is 12.4. The van der Waals surface area contributed by atoms with Crippen molar-refractivity contribution in [1.29, 1.82) is 0 Å². The van der Waals surface area contributed by atoms with Crippen molar-refractivity contribution in [3.05, 3.63) is 38.8 Å². The summed E-state index contributed by atoms with van der Waals surface area (Å²) in [6.45, 7) is 0. The van der Waals surface area contributed by atoms with Gasteiger partial charge < -0.3 is 10.6 Å². The van der Waals surface area contributed by atoms with Crippen molar-refractivity contribution in [2.24, 2.45) is 0 Å². The molecule has 1 heterocycles. The fourth-order valence-electron chi connectivity index (χ4n) is 1.49. The van der Waals surface area contributed by atoms with Gasteiger partial charge in [-0.2, -0.15) is 0 Å². The van der Waals surface area contributed by atoms with Crippen LogP contribution >= 0.6 is 38.5 Å². The molecule has 0 bridgehead atoms. The number of halogens is 2. The Morgan fingerprint density at radius 1 is 1.35 bits per heavy atom. The van der Waals surface area contributed by atoms with Crippen LogP contribution in [0.1, 0.15) is 0 Å². The number of rotatable bonds is 2. The second-order valence-corrected chi connectivity index (χ2v) is 5.37. The van der Waals surface area contributed by atoms with Gasteiger partial charge in [0.2, 0.25) is 0 Å². The van der Waals surface area contributed by atoms with Crippen LogP contribution in [0, 0.1) is 3.70 Å². The minimum absolute atomic E-state index is 0.479. The summed E-state index contributed by atoms with van der Waals surface area (Å²) in [5.74, 6) is 0.479. The Hall–Kier alpha value is -0.890. The summed E-state index contributed by atoms with van der Waals surface area (Å²) < 4.78 is 1.85. The lowest BCUT2D eigenvalue weighted by Crippen LogP contribution is -2.14. The number of aromatic nitrogens is 2. The maximum atomic E-state index is 5.89. The molecule has 0 unspecified atom stereocenters. The fourth-order valence-corrected chi connectivity index (χ4v) is 2.64. The number of anilines is 3. The molecule has 1 aromatic carbocycles. The van der Waals surface area contributed by atoms with Crippen molar-refractivity contribution in [2.45, 2.75) is 0 Å². The van der Waals surface area contributed by atoms with Crippen molar-refractivity contribution in [3.63, 3.8) is 0 Å². The molecule has 4 nitrogen and oxygen atoms in total. The van der Waals surface area contributed by atoms with E-state index in [2.05, 4.69) is 48.5 Å². The van der Waals surface area contributed by atoms with Crippen LogP contribution in [0.5, 0.6) is 0 Å². The van der Waals surface area contributed by atoms with Gasteiger partial charge in [0, 0.05) is 17.2 Å². The van der Waals surface area contributed by atoms with Crippen LogP contribution in [0.25, 0.3) is 0 Å². The van der Waals surface area contributed by atoms with E-state index < -0.39 is 0 Å². The Morgan fingerprint density at radius 2 is 2.12 bits per heavy atom. The van der Waals surface area contributed by atoms with Crippen molar-refractivity contribution >= 4 is 55.7 Å². The van der Waals surface area contributed by atoms with Crippen molar-refractivity contribution < 1.29 is 0 Å². The molecule has 0 amide bonds. The molecule has 0 spiro atoms.